The Labute approximate surface area is 151 Å². The molecule has 0 aliphatic heterocycles. The van der Waals surface area contributed by atoms with E-state index in [1.54, 1.807) is 18.6 Å². The fourth-order valence-electron chi connectivity index (χ4n) is 1.15. The molecular formula is C19H36N3OP. The fourth-order valence-corrected chi connectivity index (χ4v) is 1.15. The highest BCUT2D eigenvalue weighted by Crippen LogP contribution is 2.18. The first kappa shape index (κ1) is 27.3. The predicted octanol–water partition coefficient (Wildman–Crippen LogP) is 5.73. The Morgan fingerprint density at radius 3 is 1.79 bits per heavy atom. The molecule has 0 amide bonds. The molecule has 0 aliphatic rings. The van der Waals surface area contributed by atoms with Gasteiger partial charge in [-0.3, -0.25) is 4.98 Å². The summed E-state index contributed by atoms with van der Waals surface area (Å²) in [6.45, 7) is 16.8. The van der Waals surface area contributed by atoms with E-state index in [1.807, 2.05) is 65.8 Å². The van der Waals surface area contributed by atoms with Crippen LogP contribution in [-0.4, -0.2) is 23.3 Å². The minimum Gasteiger partial charge on any atom is -0.438 e. The summed E-state index contributed by atoms with van der Waals surface area (Å²) in [5.41, 5.74) is 6.56. The van der Waals surface area contributed by atoms with Gasteiger partial charge in [-0.2, -0.15) is 0 Å². The molecule has 1 heterocycles. The van der Waals surface area contributed by atoms with Gasteiger partial charge < -0.3 is 10.5 Å². The van der Waals surface area contributed by atoms with Gasteiger partial charge in [0.15, 0.2) is 0 Å². The fraction of sp³-hybridized carbons (Fsp3) is 0.474. The molecule has 2 aromatic rings. The summed E-state index contributed by atoms with van der Waals surface area (Å²) in [7, 11) is 1.08. The molecule has 0 aliphatic carbocycles. The highest BCUT2D eigenvalue weighted by atomic mass is 31.1. The van der Waals surface area contributed by atoms with Gasteiger partial charge in [0.05, 0.1) is 6.20 Å². The number of rotatable bonds is 3. The highest BCUT2D eigenvalue weighted by Gasteiger charge is 1.97. The third-order valence-corrected chi connectivity index (χ3v) is 1.92. The SMILES string of the molecule is CC.CC.CC.CPC.NCc1ccc(Oc2cnccn2)cc1. The summed E-state index contributed by atoms with van der Waals surface area (Å²) in [6.07, 6.45) is 4.75. The lowest BCUT2D eigenvalue weighted by Gasteiger charge is -2.04. The van der Waals surface area contributed by atoms with Crippen molar-refractivity contribution in [3.8, 4) is 11.6 Å². The maximum atomic E-state index is 5.49. The van der Waals surface area contributed by atoms with Crippen LogP contribution in [0.15, 0.2) is 42.9 Å². The van der Waals surface area contributed by atoms with Gasteiger partial charge in [0.2, 0.25) is 5.88 Å². The van der Waals surface area contributed by atoms with Crippen molar-refractivity contribution in [3.05, 3.63) is 48.4 Å². The average Bonchev–Trinajstić information content (AvgIpc) is 2.69. The highest BCUT2D eigenvalue weighted by molar-refractivity contribution is 7.35. The molecule has 1 aromatic heterocycles. The molecule has 1 aromatic carbocycles. The molecule has 4 nitrogen and oxygen atoms in total. The van der Waals surface area contributed by atoms with Crippen LogP contribution in [0.3, 0.4) is 0 Å². The summed E-state index contributed by atoms with van der Waals surface area (Å²) in [5.74, 6) is 1.21. The molecule has 5 heteroatoms. The number of benzene rings is 1. The lowest BCUT2D eigenvalue weighted by atomic mass is 10.2. The van der Waals surface area contributed by atoms with Crippen LogP contribution >= 0.6 is 8.58 Å². The van der Waals surface area contributed by atoms with E-state index in [4.69, 9.17) is 10.5 Å². The van der Waals surface area contributed by atoms with Gasteiger partial charge in [0, 0.05) is 18.9 Å². The number of ether oxygens (including phenoxy) is 1. The molecule has 0 radical (unpaired) electrons. The van der Waals surface area contributed by atoms with Gasteiger partial charge in [-0.05, 0) is 31.0 Å². The maximum Gasteiger partial charge on any atom is 0.237 e. The summed E-state index contributed by atoms with van der Waals surface area (Å²) >= 11 is 0. The topological polar surface area (TPSA) is 61.0 Å². The molecule has 0 fully saturated rings. The molecule has 0 atom stereocenters. The van der Waals surface area contributed by atoms with Gasteiger partial charge in [-0.15, -0.1) is 8.58 Å². The molecule has 2 N–H and O–H groups in total. The Balaban J connectivity index is -0.000000422. The van der Waals surface area contributed by atoms with Crippen LogP contribution in [0.4, 0.5) is 0 Å². The lowest BCUT2D eigenvalue weighted by Crippen LogP contribution is -1.95. The van der Waals surface area contributed by atoms with Gasteiger partial charge in [0.1, 0.15) is 5.75 Å². The van der Waals surface area contributed by atoms with Crippen LogP contribution in [-0.2, 0) is 6.54 Å². The van der Waals surface area contributed by atoms with Crippen molar-refractivity contribution in [1.82, 2.24) is 9.97 Å². The number of nitrogens with two attached hydrogens (primary N) is 1. The van der Waals surface area contributed by atoms with E-state index in [9.17, 15) is 0 Å². The van der Waals surface area contributed by atoms with Gasteiger partial charge >= 0.3 is 0 Å². The van der Waals surface area contributed by atoms with Crippen molar-refractivity contribution in [2.45, 2.75) is 48.1 Å². The first-order valence-electron chi connectivity index (χ1n) is 8.61. The Morgan fingerprint density at radius 2 is 1.42 bits per heavy atom. The van der Waals surface area contributed by atoms with Crippen LogP contribution in [0.2, 0.25) is 0 Å². The van der Waals surface area contributed by atoms with Crippen molar-refractivity contribution in [2.75, 3.05) is 13.3 Å². The maximum absolute atomic E-state index is 5.49. The first-order chi connectivity index (χ1) is 11.8. The second kappa shape index (κ2) is 23.8. The molecule has 0 bridgehead atoms. The summed E-state index contributed by atoms with van der Waals surface area (Å²) in [5, 5.41) is 0. The average molecular weight is 353 g/mol. The minimum atomic E-state index is 0.484. The molecule has 0 spiro atoms. The largest absolute Gasteiger partial charge is 0.438 e. The molecule has 2 rings (SSSR count). The minimum absolute atomic E-state index is 0.484. The molecule has 24 heavy (non-hydrogen) atoms. The van der Waals surface area contributed by atoms with Crippen molar-refractivity contribution < 1.29 is 4.74 Å². The van der Waals surface area contributed by atoms with Gasteiger partial charge in [-0.25, -0.2) is 4.98 Å². The number of hydrogen-bond acceptors (Lipinski definition) is 4. The van der Waals surface area contributed by atoms with Crippen LogP contribution in [0, 0.1) is 0 Å². The van der Waals surface area contributed by atoms with Crippen molar-refractivity contribution >= 4 is 8.58 Å². The lowest BCUT2D eigenvalue weighted by molar-refractivity contribution is 0.460. The second-order valence-electron chi connectivity index (χ2n) is 3.49. The zero-order valence-electron chi connectivity index (χ0n) is 16.6. The molecule has 138 valence electrons. The van der Waals surface area contributed by atoms with E-state index in [1.165, 1.54) is 0 Å². The Bertz CT molecular complexity index is 436. The predicted molar refractivity (Wildman–Crippen MR) is 111 cm³/mol. The van der Waals surface area contributed by atoms with Crippen LogP contribution in [0.5, 0.6) is 11.6 Å². The standard InChI is InChI=1S/C11H11N3O.C2H7P.3C2H6/c12-7-9-1-3-10(4-2-9)15-11-8-13-5-6-14-11;1-3-2;3*1-2/h1-6,8H,7,12H2;3H,1-2H3;3*1-2H3. The third-order valence-electron chi connectivity index (χ3n) is 1.92. The van der Waals surface area contributed by atoms with Gasteiger partial charge in [-0.1, -0.05) is 53.7 Å². The van der Waals surface area contributed by atoms with Crippen molar-refractivity contribution in [1.29, 1.82) is 0 Å². The van der Waals surface area contributed by atoms with Crippen molar-refractivity contribution in [2.24, 2.45) is 5.73 Å². The third kappa shape index (κ3) is 15.4. The smallest absolute Gasteiger partial charge is 0.237 e. The van der Waals surface area contributed by atoms with Crippen LogP contribution in [0.25, 0.3) is 0 Å². The monoisotopic (exact) mass is 353 g/mol. The summed E-state index contributed by atoms with van der Waals surface area (Å²) in [4.78, 5) is 7.91. The van der Waals surface area contributed by atoms with E-state index in [0.29, 0.717) is 12.4 Å². The Kier molecular flexibility index (Phi) is 27.1. The molecule has 0 saturated carbocycles. The molecule has 0 saturated heterocycles. The van der Waals surface area contributed by atoms with Crippen LogP contribution < -0.4 is 10.5 Å². The molecular weight excluding hydrogens is 317 g/mol. The number of aromatic nitrogens is 2. The summed E-state index contributed by atoms with van der Waals surface area (Å²) in [6, 6.07) is 7.56. The number of nitrogens with zero attached hydrogens (tertiary/aromatic N) is 2. The Morgan fingerprint density at radius 1 is 0.917 bits per heavy atom. The normalized spacial score (nSPS) is 7.71. The zero-order chi connectivity index (χ0) is 19.2. The van der Waals surface area contributed by atoms with E-state index in [2.05, 4.69) is 23.3 Å². The zero-order valence-corrected chi connectivity index (χ0v) is 17.6. The second-order valence-corrected chi connectivity index (χ2v) is 4.49. The summed E-state index contributed by atoms with van der Waals surface area (Å²) < 4.78 is 5.46. The van der Waals surface area contributed by atoms with Crippen molar-refractivity contribution in [3.63, 3.8) is 0 Å². The van der Waals surface area contributed by atoms with Gasteiger partial charge in [0.25, 0.3) is 0 Å². The van der Waals surface area contributed by atoms with E-state index in [-0.39, 0.29) is 0 Å². The van der Waals surface area contributed by atoms with E-state index < -0.39 is 0 Å². The van der Waals surface area contributed by atoms with Crippen LogP contribution in [0.1, 0.15) is 47.1 Å². The Hall–Kier alpha value is -1.51. The quantitative estimate of drug-likeness (QED) is 0.716. The molecule has 0 unspecified atom stereocenters. The van der Waals surface area contributed by atoms with E-state index >= 15 is 0 Å². The first-order valence-corrected chi connectivity index (χ1v) is 10.6. The number of hydrogen-bond donors (Lipinski definition) is 1. The van der Waals surface area contributed by atoms with E-state index in [0.717, 1.165) is 19.9 Å².